The Morgan fingerprint density at radius 1 is 1.27 bits per heavy atom. The van der Waals surface area contributed by atoms with Gasteiger partial charge in [0.2, 0.25) is 0 Å². The quantitative estimate of drug-likeness (QED) is 0.754. The number of hydrogen-bond acceptors (Lipinski definition) is 2. The first kappa shape index (κ1) is 9.39. The molecule has 1 nitrogen and oxygen atoms in total. The van der Waals surface area contributed by atoms with E-state index in [0.717, 1.165) is 5.06 Å². The van der Waals surface area contributed by atoms with E-state index in [2.05, 4.69) is 27.0 Å². The number of hydrogen-bond donors (Lipinski definition) is 0. The summed E-state index contributed by atoms with van der Waals surface area (Å²) >= 11 is 0.0338. The van der Waals surface area contributed by atoms with Crippen LogP contribution in [0.3, 0.4) is 0 Å². The van der Waals surface area contributed by atoms with Crippen LogP contribution in [0.15, 0.2) is 12.1 Å². The monoisotopic (exact) mass is 278 g/mol. The second-order valence-electron chi connectivity index (χ2n) is 3.57. The van der Waals surface area contributed by atoms with Crippen molar-refractivity contribution in [2.45, 2.75) is 14.8 Å². The van der Waals surface area contributed by atoms with Crippen LogP contribution in [-0.4, -0.2) is 25.5 Å². The van der Waals surface area contributed by atoms with Crippen molar-refractivity contribution in [1.82, 2.24) is 0 Å². The molecule has 3 heteroatoms. The zero-order chi connectivity index (χ0) is 8.48. The molecule has 0 bridgehead atoms. The molecule has 1 heterocycles. The fraction of sp³-hybridized carbons (Fsp3) is 0.500. The molecule has 0 saturated heterocycles. The Morgan fingerprint density at radius 3 is 2.18 bits per heavy atom. The van der Waals surface area contributed by atoms with Gasteiger partial charge < -0.3 is 0 Å². The second-order valence-corrected chi connectivity index (χ2v) is 20.0. The molecule has 0 aliphatic carbocycles. The third-order valence-corrected chi connectivity index (χ3v) is 12.1. The molecule has 0 aliphatic heterocycles. The molecular weight excluding hydrogens is 263 g/mol. The third kappa shape index (κ3) is 2.37. The molecule has 0 amide bonds. The molecule has 0 N–H and O–H groups in total. The van der Waals surface area contributed by atoms with Crippen LogP contribution in [0.1, 0.15) is 0 Å². The van der Waals surface area contributed by atoms with Crippen LogP contribution in [0.25, 0.3) is 0 Å². The molecule has 0 spiro atoms. The molecule has 0 radical (unpaired) electrons. The van der Waals surface area contributed by atoms with Crippen molar-refractivity contribution < 1.29 is 4.74 Å². The third-order valence-electron chi connectivity index (χ3n) is 1.52. The number of ether oxygens (including phenoxy) is 1. The van der Waals surface area contributed by atoms with Crippen molar-refractivity contribution in [2.24, 2.45) is 0 Å². The molecule has 0 fully saturated rings. The molecule has 1 aromatic rings. The summed E-state index contributed by atoms with van der Waals surface area (Å²) in [6.45, 7) is 0. The van der Waals surface area contributed by atoms with E-state index in [1.807, 2.05) is 11.3 Å². The van der Waals surface area contributed by atoms with E-state index < -0.39 is 18.4 Å². The summed E-state index contributed by atoms with van der Waals surface area (Å²) in [5, 5.41) is 1.05. The van der Waals surface area contributed by atoms with Crippen LogP contribution in [-0.2, 0) is 0 Å². The Bertz CT molecular complexity index is 236. The van der Waals surface area contributed by atoms with Gasteiger partial charge in [0.25, 0.3) is 0 Å². The Hall–Kier alpha value is 0.299. The molecular formula is C8H14OSSn. The predicted molar refractivity (Wildman–Crippen MR) is 53.9 cm³/mol. The summed E-state index contributed by atoms with van der Waals surface area (Å²) in [4.78, 5) is 7.25. The molecule has 1 rings (SSSR count). The average molecular weight is 277 g/mol. The van der Waals surface area contributed by atoms with Gasteiger partial charge in [0.05, 0.1) is 0 Å². The van der Waals surface area contributed by atoms with E-state index >= 15 is 0 Å². The van der Waals surface area contributed by atoms with E-state index in [1.54, 1.807) is 10.0 Å². The normalized spacial score (nSPS) is 11.6. The zero-order valence-electron chi connectivity index (χ0n) is 7.47. The Kier molecular flexibility index (Phi) is 2.86. The van der Waals surface area contributed by atoms with Gasteiger partial charge in [0.1, 0.15) is 0 Å². The van der Waals surface area contributed by atoms with Crippen molar-refractivity contribution >= 4 is 32.6 Å². The Morgan fingerprint density at radius 2 is 1.91 bits per heavy atom. The zero-order valence-corrected chi connectivity index (χ0v) is 11.1. The second kappa shape index (κ2) is 3.35. The maximum atomic E-state index is 5.14. The predicted octanol–water partition coefficient (Wildman–Crippen LogP) is 2.30. The van der Waals surface area contributed by atoms with Crippen molar-refractivity contribution in [3.63, 3.8) is 0 Å². The fourth-order valence-corrected chi connectivity index (χ4v) is 6.86. The number of thiophene rings is 1. The van der Waals surface area contributed by atoms with Crippen LogP contribution in [0, 0.1) is 0 Å². The van der Waals surface area contributed by atoms with Gasteiger partial charge >= 0.3 is 76.5 Å². The van der Waals surface area contributed by atoms with Crippen LogP contribution in [0.4, 0.5) is 0 Å². The summed E-state index contributed by atoms with van der Waals surface area (Å²) in [5.74, 6) is 0. The van der Waals surface area contributed by atoms with E-state index in [0.29, 0.717) is 0 Å². The molecule has 0 unspecified atom stereocenters. The molecule has 0 atom stereocenters. The van der Waals surface area contributed by atoms with Gasteiger partial charge in [-0.3, -0.25) is 0 Å². The average Bonchev–Trinajstić information content (AvgIpc) is 2.32. The van der Waals surface area contributed by atoms with Crippen molar-refractivity contribution in [3.8, 4) is 5.06 Å². The molecule has 1 aromatic heterocycles. The van der Waals surface area contributed by atoms with Gasteiger partial charge in [-0.25, -0.2) is 0 Å². The van der Waals surface area contributed by atoms with Crippen LogP contribution in [0.2, 0.25) is 14.8 Å². The topological polar surface area (TPSA) is 9.23 Å². The molecule has 0 aromatic carbocycles. The standard InChI is InChI=1S/C5H5OS.3CH3.Sn/c1-6-5-3-2-4-7-5;;;;/h2-3H,1H3;3*1H3;. The first-order chi connectivity index (χ1) is 5.04. The first-order valence-electron chi connectivity index (χ1n) is 3.68. The van der Waals surface area contributed by atoms with Crippen LogP contribution in [0.5, 0.6) is 5.06 Å². The summed E-state index contributed by atoms with van der Waals surface area (Å²) in [6, 6.07) is 4.29. The fourth-order valence-electron chi connectivity index (χ4n) is 0.833. The van der Waals surface area contributed by atoms with Gasteiger partial charge in [0, 0.05) is 0 Å². The van der Waals surface area contributed by atoms with Crippen molar-refractivity contribution in [3.05, 3.63) is 12.1 Å². The first-order valence-corrected chi connectivity index (χ1v) is 14.5. The van der Waals surface area contributed by atoms with Gasteiger partial charge in [-0.2, -0.15) is 0 Å². The minimum atomic E-state index is -1.78. The summed E-state index contributed by atoms with van der Waals surface area (Å²) in [5.41, 5.74) is 0. The van der Waals surface area contributed by atoms with Crippen LogP contribution < -0.4 is 7.63 Å². The summed E-state index contributed by atoms with van der Waals surface area (Å²) in [6.07, 6.45) is 0. The number of methoxy groups -OCH3 is 1. The van der Waals surface area contributed by atoms with Crippen LogP contribution >= 0.6 is 11.3 Å². The van der Waals surface area contributed by atoms with E-state index in [9.17, 15) is 0 Å². The molecule has 62 valence electrons. The molecule has 0 saturated carbocycles. The Labute approximate surface area is 76.3 Å². The van der Waals surface area contributed by atoms with E-state index in [-0.39, 0.29) is 0 Å². The Balaban J connectivity index is 2.89. The van der Waals surface area contributed by atoms with E-state index in [1.165, 1.54) is 0 Å². The van der Waals surface area contributed by atoms with E-state index in [4.69, 9.17) is 4.74 Å². The van der Waals surface area contributed by atoms with Crippen molar-refractivity contribution in [2.75, 3.05) is 7.11 Å². The van der Waals surface area contributed by atoms with Gasteiger partial charge in [-0.1, -0.05) is 0 Å². The molecule has 0 aliphatic rings. The maximum absolute atomic E-state index is 5.14. The van der Waals surface area contributed by atoms with Gasteiger partial charge in [0.15, 0.2) is 0 Å². The summed E-state index contributed by atoms with van der Waals surface area (Å²) < 4.78 is 6.72. The van der Waals surface area contributed by atoms with Gasteiger partial charge in [-0.15, -0.1) is 0 Å². The minimum absolute atomic E-state index is 1.05. The van der Waals surface area contributed by atoms with Crippen molar-refractivity contribution in [1.29, 1.82) is 0 Å². The molecule has 11 heavy (non-hydrogen) atoms. The SMILES string of the molecule is COc1cc[c]([Sn]([CH3])([CH3])[CH3])s1. The number of rotatable bonds is 2. The summed E-state index contributed by atoms with van der Waals surface area (Å²) in [7, 11) is 1.73. The van der Waals surface area contributed by atoms with Gasteiger partial charge in [-0.05, 0) is 0 Å².